The molecule has 0 aromatic carbocycles. The Bertz CT molecular complexity index is 337. The van der Waals surface area contributed by atoms with E-state index >= 15 is 0 Å². The van der Waals surface area contributed by atoms with Gasteiger partial charge >= 0.3 is 0 Å². The Morgan fingerprint density at radius 1 is 1.40 bits per heavy atom. The molecule has 0 atom stereocenters. The molecule has 0 saturated heterocycles. The van der Waals surface area contributed by atoms with Crippen LogP contribution in [0.1, 0.15) is 48.2 Å². The number of carbonyl (C=O) groups is 1. The van der Waals surface area contributed by atoms with E-state index < -0.39 is 0 Å². The molecule has 0 spiro atoms. The normalized spacial score (nSPS) is 17.7. The number of rotatable bonds is 2. The summed E-state index contributed by atoms with van der Waals surface area (Å²) in [7, 11) is 0. The lowest BCUT2D eigenvalue weighted by Crippen LogP contribution is -2.36. The van der Waals surface area contributed by atoms with E-state index in [1.807, 2.05) is 19.2 Å². The van der Waals surface area contributed by atoms with Crippen molar-refractivity contribution >= 4 is 5.91 Å². The van der Waals surface area contributed by atoms with Crippen molar-refractivity contribution in [1.29, 1.82) is 0 Å². The van der Waals surface area contributed by atoms with Crippen LogP contribution >= 0.6 is 0 Å². The van der Waals surface area contributed by atoms with Crippen molar-refractivity contribution in [1.82, 2.24) is 10.3 Å². The van der Waals surface area contributed by atoms with Gasteiger partial charge in [-0.2, -0.15) is 0 Å². The van der Waals surface area contributed by atoms with Crippen molar-refractivity contribution < 1.29 is 4.79 Å². The molecule has 3 nitrogen and oxygen atoms in total. The number of amides is 1. The van der Waals surface area contributed by atoms with Crippen LogP contribution in [0, 0.1) is 6.92 Å². The summed E-state index contributed by atoms with van der Waals surface area (Å²) in [6.45, 7) is 1.93. The highest BCUT2D eigenvalue weighted by molar-refractivity contribution is 5.95. The minimum absolute atomic E-state index is 0.0700. The van der Waals surface area contributed by atoms with Gasteiger partial charge in [0, 0.05) is 17.9 Å². The first-order valence-electron chi connectivity index (χ1n) is 5.72. The molecule has 1 aliphatic carbocycles. The van der Waals surface area contributed by atoms with E-state index in [0.717, 1.165) is 24.1 Å². The van der Waals surface area contributed by atoms with E-state index in [2.05, 4.69) is 10.3 Å². The molecular formula is C12H18N2O. The second-order valence-corrected chi connectivity index (χ2v) is 4.32. The summed E-state index contributed by atoms with van der Waals surface area (Å²) < 4.78 is 0. The smallest absolute Gasteiger partial charge is 0.253 e. The molecule has 2 rings (SSSR count). The Kier molecular flexibility index (Phi) is 3.09. The summed E-state index contributed by atoms with van der Waals surface area (Å²) in [4.78, 5) is 14.9. The highest BCUT2D eigenvalue weighted by atomic mass is 16.1. The minimum Gasteiger partial charge on any atom is -0.365 e. The van der Waals surface area contributed by atoms with E-state index in [1.54, 1.807) is 0 Å². The largest absolute Gasteiger partial charge is 0.365 e. The van der Waals surface area contributed by atoms with E-state index in [-0.39, 0.29) is 5.91 Å². The number of carbonyl (C=O) groups excluding carboxylic acids is 1. The molecule has 1 fully saturated rings. The second-order valence-electron chi connectivity index (χ2n) is 4.32. The highest BCUT2D eigenvalue weighted by Crippen LogP contribution is 2.18. The molecule has 1 aromatic rings. The van der Waals surface area contributed by atoms with Crippen LogP contribution in [0.3, 0.4) is 0 Å². The third-order valence-corrected chi connectivity index (χ3v) is 3.14. The van der Waals surface area contributed by atoms with Gasteiger partial charge in [-0.05, 0) is 25.8 Å². The van der Waals surface area contributed by atoms with E-state index in [4.69, 9.17) is 0 Å². The molecular weight excluding hydrogens is 188 g/mol. The van der Waals surface area contributed by atoms with Gasteiger partial charge in [-0.25, -0.2) is 0 Å². The number of aromatic amines is 1. The Morgan fingerprint density at radius 3 is 2.73 bits per heavy atom. The summed E-state index contributed by atoms with van der Waals surface area (Å²) in [5, 5.41) is 3.10. The summed E-state index contributed by atoms with van der Waals surface area (Å²) in [5.74, 6) is 0.0700. The van der Waals surface area contributed by atoms with E-state index in [0.29, 0.717) is 6.04 Å². The molecule has 2 N–H and O–H groups in total. The first-order valence-corrected chi connectivity index (χ1v) is 5.72. The predicted octanol–water partition coefficient (Wildman–Crippen LogP) is 2.39. The fourth-order valence-corrected chi connectivity index (χ4v) is 2.21. The van der Waals surface area contributed by atoms with Gasteiger partial charge in [0.25, 0.3) is 5.91 Å². The summed E-state index contributed by atoms with van der Waals surface area (Å²) >= 11 is 0. The van der Waals surface area contributed by atoms with Gasteiger partial charge in [-0.3, -0.25) is 4.79 Å². The molecule has 1 amide bonds. The second kappa shape index (κ2) is 4.51. The van der Waals surface area contributed by atoms with Gasteiger partial charge in [-0.1, -0.05) is 19.3 Å². The quantitative estimate of drug-likeness (QED) is 0.766. The SMILES string of the molecule is Cc1[nH]ccc1C(=O)NC1CCCCC1. The van der Waals surface area contributed by atoms with Gasteiger partial charge in [0.1, 0.15) is 0 Å². The molecule has 82 valence electrons. The van der Waals surface area contributed by atoms with Gasteiger partial charge in [0.2, 0.25) is 0 Å². The van der Waals surface area contributed by atoms with Gasteiger partial charge < -0.3 is 10.3 Å². The molecule has 15 heavy (non-hydrogen) atoms. The maximum absolute atomic E-state index is 11.9. The Labute approximate surface area is 90.3 Å². The monoisotopic (exact) mass is 206 g/mol. The Balaban J connectivity index is 1.94. The molecule has 0 radical (unpaired) electrons. The molecule has 0 aliphatic heterocycles. The first kappa shape index (κ1) is 10.3. The van der Waals surface area contributed by atoms with Crippen LogP contribution in [0.4, 0.5) is 0 Å². The molecule has 1 aliphatic rings. The zero-order valence-electron chi connectivity index (χ0n) is 9.18. The van der Waals surface area contributed by atoms with Crippen molar-refractivity contribution in [2.75, 3.05) is 0 Å². The number of H-pyrrole nitrogens is 1. The highest BCUT2D eigenvalue weighted by Gasteiger charge is 2.17. The van der Waals surface area contributed by atoms with E-state index in [9.17, 15) is 4.79 Å². The third-order valence-electron chi connectivity index (χ3n) is 3.14. The fourth-order valence-electron chi connectivity index (χ4n) is 2.21. The number of nitrogens with one attached hydrogen (secondary N) is 2. The van der Waals surface area contributed by atoms with Gasteiger partial charge in [-0.15, -0.1) is 0 Å². The van der Waals surface area contributed by atoms with Crippen molar-refractivity contribution in [3.8, 4) is 0 Å². The fraction of sp³-hybridized carbons (Fsp3) is 0.583. The van der Waals surface area contributed by atoms with Crippen molar-refractivity contribution in [2.24, 2.45) is 0 Å². The number of hydrogen-bond donors (Lipinski definition) is 2. The average molecular weight is 206 g/mol. The molecule has 0 unspecified atom stereocenters. The third kappa shape index (κ3) is 2.41. The Hall–Kier alpha value is -1.25. The predicted molar refractivity (Wildman–Crippen MR) is 59.9 cm³/mol. The zero-order valence-corrected chi connectivity index (χ0v) is 9.18. The molecule has 1 saturated carbocycles. The molecule has 1 aromatic heterocycles. The topological polar surface area (TPSA) is 44.9 Å². The zero-order chi connectivity index (χ0) is 10.7. The maximum atomic E-state index is 11.9. The van der Waals surface area contributed by atoms with Crippen LogP contribution < -0.4 is 5.32 Å². The van der Waals surface area contributed by atoms with Crippen LogP contribution in [0.2, 0.25) is 0 Å². The van der Waals surface area contributed by atoms with Gasteiger partial charge in [0.05, 0.1) is 5.56 Å². The lowest BCUT2D eigenvalue weighted by molar-refractivity contribution is 0.0927. The number of aromatic nitrogens is 1. The standard InChI is InChI=1S/C12H18N2O/c1-9-11(7-8-13-9)12(15)14-10-5-3-2-4-6-10/h7-8,10,13H,2-6H2,1H3,(H,14,15). The van der Waals surface area contributed by atoms with Crippen LogP contribution in [0.25, 0.3) is 0 Å². The number of hydrogen-bond acceptors (Lipinski definition) is 1. The molecule has 0 bridgehead atoms. The first-order chi connectivity index (χ1) is 7.27. The van der Waals surface area contributed by atoms with Crippen LogP contribution in [-0.2, 0) is 0 Å². The van der Waals surface area contributed by atoms with E-state index in [1.165, 1.54) is 19.3 Å². The molecule has 3 heteroatoms. The lowest BCUT2D eigenvalue weighted by atomic mass is 9.95. The summed E-state index contributed by atoms with van der Waals surface area (Å²) in [6.07, 6.45) is 7.89. The van der Waals surface area contributed by atoms with Crippen molar-refractivity contribution in [3.63, 3.8) is 0 Å². The number of aryl methyl sites for hydroxylation is 1. The summed E-state index contributed by atoms with van der Waals surface area (Å²) in [6, 6.07) is 2.23. The lowest BCUT2D eigenvalue weighted by Gasteiger charge is -2.22. The van der Waals surface area contributed by atoms with Gasteiger partial charge in [0.15, 0.2) is 0 Å². The van der Waals surface area contributed by atoms with Crippen LogP contribution in [0.15, 0.2) is 12.3 Å². The van der Waals surface area contributed by atoms with Crippen molar-refractivity contribution in [2.45, 2.75) is 45.1 Å². The Morgan fingerprint density at radius 2 is 2.13 bits per heavy atom. The average Bonchev–Trinajstić information content (AvgIpc) is 2.66. The minimum atomic E-state index is 0.0700. The van der Waals surface area contributed by atoms with Crippen LogP contribution in [0.5, 0.6) is 0 Å². The van der Waals surface area contributed by atoms with Crippen molar-refractivity contribution in [3.05, 3.63) is 23.5 Å². The summed E-state index contributed by atoms with van der Waals surface area (Å²) in [5.41, 5.74) is 1.73. The maximum Gasteiger partial charge on any atom is 0.253 e. The molecule has 1 heterocycles. The van der Waals surface area contributed by atoms with Crippen LogP contribution in [-0.4, -0.2) is 16.9 Å².